The van der Waals surface area contributed by atoms with Crippen LogP contribution in [0, 0.1) is 0 Å². The third-order valence-corrected chi connectivity index (χ3v) is 4.34. The highest BCUT2D eigenvalue weighted by molar-refractivity contribution is 5.97. The lowest BCUT2D eigenvalue weighted by atomic mass is 10.0. The average Bonchev–Trinajstić information content (AvgIpc) is 2.69. The molecule has 2 N–H and O–H groups in total. The minimum absolute atomic E-state index is 0.0151. The summed E-state index contributed by atoms with van der Waals surface area (Å²) in [4.78, 5) is 22.7. The third-order valence-electron chi connectivity index (χ3n) is 4.34. The summed E-state index contributed by atoms with van der Waals surface area (Å²) < 4.78 is 16.5. The van der Waals surface area contributed by atoms with Crippen LogP contribution in [0.1, 0.15) is 53.0 Å². The van der Waals surface area contributed by atoms with Gasteiger partial charge in [0, 0.05) is 18.1 Å². The summed E-state index contributed by atoms with van der Waals surface area (Å²) in [6, 6.07) is 7.81. The van der Waals surface area contributed by atoms with E-state index in [-0.39, 0.29) is 22.8 Å². The number of rotatable bonds is 11. The van der Waals surface area contributed by atoms with Gasteiger partial charge in [-0.2, -0.15) is 0 Å². The van der Waals surface area contributed by atoms with Gasteiger partial charge in [-0.3, -0.25) is 4.79 Å². The average molecular weight is 402 g/mol. The summed E-state index contributed by atoms with van der Waals surface area (Å²) in [6.07, 6.45) is 1.99. The van der Waals surface area contributed by atoms with Crippen molar-refractivity contribution in [3.8, 4) is 23.0 Å². The lowest BCUT2D eigenvalue weighted by molar-refractivity contribution is 0.0693. The van der Waals surface area contributed by atoms with Crippen molar-refractivity contribution in [1.29, 1.82) is 0 Å². The van der Waals surface area contributed by atoms with Crippen molar-refractivity contribution < 1.29 is 34.0 Å². The molecule has 7 heteroatoms. The minimum atomic E-state index is -1.07. The molecule has 0 saturated carbocycles. The molecule has 0 radical (unpaired) electrons. The molecule has 0 aromatic heterocycles. The Morgan fingerprint density at radius 2 is 1.69 bits per heavy atom. The second kappa shape index (κ2) is 10.4. The number of aromatic hydroxyl groups is 1. The van der Waals surface area contributed by atoms with Crippen molar-refractivity contribution in [2.45, 2.75) is 33.1 Å². The lowest BCUT2D eigenvalue weighted by Gasteiger charge is -2.15. The standard InChI is InChI=1S/C22H26O7/c1-4-6-17-19(10-9-16(14(2)23)21(17)24)29-12-5-11-28-15-7-8-18(22(25)26)20(13-15)27-3/h7-10,13,24H,4-6,11-12H2,1-3H3,(H,25,26). The quantitative estimate of drug-likeness (QED) is 0.431. The number of hydrogen-bond donors (Lipinski definition) is 2. The Balaban J connectivity index is 1.93. The van der Waals surface area contributed by atoms with E-state index in [0.29, 0.717) is 48.7 Å². The highest BCUT2D eigenvalue weighted by atomic mass is 16.5. The van der Waals surface area contributed by atoms with E-state index in [9.17, 15) is 14.7 Å². The SMILES string of the molecule is CCCc1c(OCCCOc2ccc(C(=O)O)c(OC)c2)ccc(C(C)=O)c1O. The van der Waals surface area contributed by atoms with Crippen LogP contribution in [0.3, 0.4) is 0 Å². The molecule has 0 aliphatic rings. The predicted octanol–water partition coefficient (Wildman–Crippen LogP) is 4.10. The van der Waals surface area contributed by atoms with E-state index in [2.05, 4.69) is 0 Å². The zero-order valence-electron chi connectivity index (χ0n) is 16.9. The maximum atomic E-state index is 11.6. The van der Waals surface area contributed by atoms with Crippen LogP contribution in [0.15, 0.2) is 30.3 Å². The maximum absolute atomic E-state index is 11.6. The van der Waals surface area contributed by atoms with Crippen LogP contribution in [0.25, 0.3) is 0 Å². The van der Waals surface area contributed by atoms with Gasteiger partial charge in [-0.25, -0.2) is 4.79 Å². The van der Waals surface area contributed by atoms with Crippen molar-refractivity contribution in [2.75, 3.05) is 20.3 Å². The number of ketones is 1. The smallest absolute Gasteiger partial charge is 0.339 e. The summed E-state index contributed by atoms with van der Waals surface area (Å²) >= 11 is 0. The Labute approximate surface area is 169 Å². The van der Waals surface area contributed by atoms with Crippen LogP contribution in [0.2, 0.25) is 0 Å². The number of benzene rings is 2. The zero-order chi connectivity index (χ0) is 21.4. The van der Waals surface area contributed by atoms with Gasteiger partial charge in [0.15, 0.2) is 5.78 Å². The molecule has 0 aliphatic carbocycles. The number of hydrogen-bond acceptors (Lipinski definition) is 6. The largest absolute Gasteiger partial charge is 0.507 e. The van der Waals surface area contributed by atoms with Gasteiger partial charge in [-0.1, -0.05) is 13.3 Å². The molecule has 0 saturated heterocycles. The van der Waals surface area contributed by atoms with Gasteiger partial charge in [0.05, 0.1) is 25.9 Å². The number of aromatic carboxylic acids is 1. The summed E-state index contributed by atoms with van der Waals surface area (Å²) in [5.41, 5.74) is 0.999. The number of methoxy groups -OCH3 is 1. The fourth-order valence-corrected chi connectivity index (χ4v) is 2.90. The van der Waals surface area contributed by atoms with Crippen LogP contribution in [-0.4, -0.2) is 42.3 Å². The van der Waals surface area contributed by atoms with Crippen molar-refractivity contribution in [1.82, 2.24) is 0 Å². The number of carboxylic acid groups (broad SMARTS) is 1. The predicted molar refractivity (Wildman–Crippen MR) is 108 cm³/mol. The Kier molecular flexibility index (Phi) is 7.88. The summed E-state index contributed by atoms with van der Waals surface area (Å²) in [6.45, 7) is 4.12. The number of carbonyl (C=O) groups is 2. The van der Waals surface area contributed by atoms with E-state index < -0.39 is 5.97 Å². The molecule has 0 bridgehead atoms. The first-order valence-electron chi connectivity index (χ1n) is 9.41. The Morgan fingerprint density at radius 1 is 1.00 bits per heavy atom. The Morgan fingerprint density at radius 3 is 2.31 bits per heavy atom. The molecule has 2 rings (SSSR count). The Hall–Kier alpha value is -3.22. The number of carboxylic acids is 1. The van der Waals surface area contributed by atoms with Gasteiger partial charge in [0.1, 0.15) is 28.6 Å². The number of Topliss-reactive ketones (excluding diaryl/α,β-unsaturated/α-hetero) is 1. The van der Waals surface area contributed by atoms with Gasteiger partial charge in [0.2, 0.25) is 0 Å². The fourth-order valence-electron chi connectivity index (χ4n) is 2.90. The highest BCUT2D eigenvalue weighted by Crippen LogP contribution is 2.33. The van der Waals surface area contributed by atoms with Crippen molar-refractivity contribution >= 4 is 11.8 Å². The fraction of sp³-hybridized carbons (Fsp3) is 0.364. The molecule has 0 atom stereocenters. The minimum Gasteiger partial charge on any atom is -0.507 e. The number of phenolic OH excluding ortho intramolecular Hbond substituents is 1. The normalized spacial score (nSPS) is 10.4. The van der Waals surface area contributed by atoms with Crippen molar-refractivity contribution in [2.24, 2.45) is 0 Å². The molecule has 0 unspecified atom stereocenters. The molecule has 0 amide bonds. The molecular formula is C22H26O7. The van der Waals surface area contributed by atoms with E-state index in [1.54, 1.807) is 18.2 Å². The van der Waals surface area contributed by atoms with E-state index >= 15 is 0 Å². The van der Waals surface area contributed by atoms with Crippen LogP contribution in [0.4, 0.5) is 0 Å². The van der Waals surface area contributed by atoms with Crippen LogP contribution in [0.5, 0.6) is 23.0 Å². The molecule has 29 heavy (non-hydrogen) atoms. The second-order valence-electron chi connectivity index (χ2n) is 6.46. The highest BCUT2D eigenvalue weighted by Gasteiger charge is 2.16. The van der Waals surface area contributed by atoms with E-state index in [1.807, 2.05) is 6.92 Å². The summed E-state index contributed by atoms with van der Waals surface area (Å²) in [5.74, 6) is 0.0203. The number of carbonyl (C=O) groups excluding carboxylic acids is 1. The van der Waals surface area contributed by atoms with E-state index in [1.165, 1.54) is 26.2 Å². The van der Waals surface area contributed by atoms with E-state index in [0.717, 1.165) is 6.42 Å². The van der Waals surface area contributed by atoms with Crippen LogP contribution in [-0.2, 0) is 6.42 Å². The lowest BCUT2D eigenvalue weighted by Crippen LogP contribution is -2.08. The van der Waals surface area contributed by atoms with Crippen molar-refractivity contribution in [3.05, 3.63) is 47.0 Å². The van der Waals surface area contributed by atoms with Gasteiger partial charge in [0.25, 0.3) is 0 Å². The first-order chi connectivity index (χ1) is 13.9. The van der Waals surface area contributed by atoms with Crippen molar-refractivity contribution in [3.63, 3.8) is 0 Å². The number of phenols is 1. The molecule has 0 aliphatic heterocycles. The van der Waals surface area contributed by atoms with Crippen LogP contribution >= 0.6 is 0 Å². The maximum Gasteiger partial charge on any atom is 0.339 e. The number of ether oxygens (including phenoxy) is 3. The Bertz CT molecular complexity index is 874. The first-order valence-corrected chi connectivity index (χ1v) is 9.41. The van der Waals surface area contributed by atoms with Crippen LogP contribution < -0.4 is 14.2 Å². The molecule has 7 nitrogen and oxygen atoms in total. The first kappa shape index (κ1) is 22.1. The monoisotopic (exact) mass is 402 g/mol. The molecule has 0 spiro atoms. The summed E-state index contributed by atoms with van der Waals surface area (Å²) in [5, 5.41) is 19.4. The molecule has 2 aromatic rings. The topological polar surface area (TPSA) is 102 Å². The zero-order valence-corrected chi connectivity index (χ0v) is 16.9. The molecule has 156 valence electrons. The van der Waals surface area contributed by atoms with E-state index in [4.69, 9.17) is 19.3 Å². The molecule has 2 aromatic carbocycles. The third kappa shape index (κ3) is 5.63. The van der Waals surface area contributed by atoms with Gasteiger partial charge < -0.3 is 24.4 Å². The van der Waals surface area contributed by atoms with Gasteiger partial charge in [-0.05, 0) is 37.6 Å². The summed E-state index contributed by atoms with van der Waals surface area (Å²) in [7, 11) is 1.40. The molecule has 0 fully saturated rings. The molecule has 0 heterocycles. The van der Waals surface area contributed by atoms with Gasteiger partial charge in [-0.15, -0.1) is 0 Å². The van der Waals surface area contributed by atoms with Gasteiger partial charge >= 0.3 is 5.97 Å². The molecular weight excluding hydrogens is 376 g/mol. The second-order valence-corrected chi connectivity index (χ2v) is 6.46.